The molecular formula is C13H16F4N2O2. The van der Waals surface area contributed by atoms with E-state index >= 15 is 0 Å². The second-order valence-corrected chi connectivity index (χ2v) is 4.47. The lowest BCUT2D eigenvalue weighted by molar-refractivity contribution is -0.137. The van der Waals surface area contributed by atoms with Gasteiger partial charge in [-0.05, 0) is 24.6 Å². The van der Waals surface area contributed by atoms with Gasteiger partial charge in [0.05, 0.1) is 17.4 Å². The number of carbonyl (C=O) groups excluding carboxylic acids is 1. The first-order chi connectivity index (χ1) is 9.74. The van der Waals surface area contributed by atoms with Crippen LogP contribution in [0, 0.1) is 5.82 Å². The first-order valence-corrected chi connectivity index (χ1v) is 6.33. The van der Waals surface area contributed by atoms with E-state index in [1.807, 2.05) is 12.2 Å². The fourth-order valence-electron chi connectivity index (χ4n) is 1.67. The molecule has 0 bridgehead atoms. The number of aliphatic hydroxyl groups excluding tert-OH is 1. The highest BCUT2D eigenvalue weighted by Crippen LogP contribution is 2.35. The Morgan fingerprint density at radius 3 is 2.62 bits per heavy atom. The number of alkyl halides is 3. The van der Waals surface area contributed by atoms with Gasteiger partial charge in [0.2, 0.25) is 0 Å². The van der Waals surface area contributed by atoms with Crippen molar-refractivity contribution in [3.63, 3.8) is 0 Å². The lowest BCUT2D eigenvalue weighted by atomic mass is 10.1. The molecule has 0 aliphatic carbocycles. The predicted molar refractivity (Wildman–Crippen MR) is 69.3 cm³/mol. The Hall–Kier alpha value is -1.83. The first kappa shape index (κ1) is 17.2. The van der Waals surface area contributed by atoms with Crippen LogP contribution in [0.15, 0.2) is 18.2 Å². The van der Waals surface area contributed by atoms with Crippen molar-refractivity contribution < 1.29 is 27.5 Å². The van der Waals surface area contributed by atoms with Crippen LogP contribution in [0.2, 0.25) is 0 Å². The van der Waals surface area contributed by atoms with E-state index < -0.39 is 35.4 Å². The van der Waals surface area contributed by atoms with Crippen LogP contribution >= 0.6 is 0 Å². The Balaban J connectivity index is 2.72. The highest BCUT2D eigenvalue weighted by molar-refractivity contribution is 5.90. The summed E-state index contributed by atoms with van der Waals surface area (Å²) in [6, 6.07) is 1.06. The van der Waals surface area contributed by atoms with Crippen molar-refractivity contribution in [2.45, 2.75) is 32.0 Å². The Bertz CT molecular complexity index is 492. The molecule has 0 aliphatic rings. The maximum atomic E-state index is 12.9. The number of urea groups is 1. The zero-order valence-corrected chi connectivity index (χ0v) is 11.3. The van der Waals surface area contributed by atoms with Gasteiger partial charge in [-0.25, -0.2) is 9.18 Å². The van der Waals surface area contributed by atoms with Crippen molar-refractivity contribution in [3.05, 3.63) is 29.6 Å². The smallest absolute Gasteiger partial charge is 0.391 e. The normalized spacial score (nSPS) is 12.9. The Kier molecular flexibility index (Phi) is 5.95. The predicted octanol–water partition coefficient (Wildman–Crippen LogP) is 3.13. The standard InChI is InChI=1S/C13H16F4N2O2/c1-2-3-9(20)7-18-12(21)19-11-5-4-8(14)6-10(11)13(15,16)17/h4-6,9,20H,2-3,7H2,1H3,(H2,18,19,21). The van der Waals surface area contributed by atoms with Gasteiger partial charge in [-0.15, -0.1) is 0 Å². The molecule has 4 nitrogen and oxygen atoms in total. The molecule has 0 saturated heterocycles. The van der Waals surface area contributed by atoms with Gasteiger partial charge >= 0.3 is 12.2 Å². The minimum absolute atomic E-state index is 0.0811. The number of benzene rings is 1. The van der Waals surface area contributed by atoms with Gasteiger partial charge in [0.1, 0.15) is 5.82 Å². The van der Waals surface area contributed by atoms with E-state index in [1.165, 1.54) is 0 Å². The summed E-state index contributed by atoms with van der Waals surface area (Å²) in [5.41, 5.74) is -1.82. The number of nitrogens with one attached hydrogen (secondary N) is 2. The molecule has 0 aliphatic heterocycles. The lowest BCUT2D eigenvalue weighted by Crippen LogP contribution is -2.35. The van der Waals surface area contributed by atoms with Crippen LogP contribution in [0.1, 0.15) is 25.3 Å². The minimum atomic E-state index is -4.79. The monoisotopic (exact) mass is 308 g/mol. The summed E-state index contributed by atoms with van der Waals surface area (Å²) >= 11 is 0. The summed E-state index contributed by atoms with van der Waals surface area (Å²) in [7, 11) is 0. The molecule has 118 valence electrons. The molecule has 0 spiro atoms. The van der Waals surface area contributed by atoms with Crippen LogP contribution < -0.4 is 10.6 Å². The summed E-state index contributed by atoms with van der Waals surface area (Å²) in [5, 5.41) is 13.7. The van der Waals surface area contributed by atoms with Gasteiger partial charge in [0.25, 0.3) is 0 Å². The number of rotatable bonds is 5. The zero-order valence-electron chi connectivity index (χ0n) is 11.3. The van der Waals surface area contributed by atoms with Crippen molar-refractivity contribution in [2.75, 3.05) is 11.9 Å². The topological polar surface area (TPSA) is 61.4 Å². The van der Waals surface area contributed by atoms with Crippen LogP contribution in [-0.4, -0.2) is 23.8 Å². The Morgan fingerprint density at radius 1 is 1.38 bits per heavy atom. The molecule has 0 aromatic heterocycles. The maximum Gasteiger partial charge on any atom is 0.418 e. The number of hydrogen-bond donors (Lipinski definition) is 3. The molecule has 1 atom stereocenters. The van der Waals surface area contributed by atoms with E-state index in [2.05, 4.69) is 5.32 Å². The minimum Gasteiger partial charge on any atom is -0.391 e. The van der Waals surface area contributed by atoms with E-state index in [-0.39, 0.29) is 6.54 Å². The average Bonchev–Trinajstić information content (AvgIpc) is 2.38. The number of aliphatic hydroxyl groups is 1. The van der Waals surface area contributed by atoms with Crippen LogP contribution in [0.5, 0.6) is 0 Å². The highest BCUT2D eigenvalue weighted by atomic mass is 19.4. The SMILES string of the molecule is CCCC(O)CNC(=O)Nc1ccc(F)cc1C(F)(F)F. The molecule has 1 aromatic rings. The molecule has 1 unspecified atom stereocenters. The molecule has 1 aromatic carbocycles. The lowest BCUT2D eigenvalue weighted by Gasteiger charge is -2.15. The third-order valence-electron chi connectivity index (χ3n) is 2.66. The maximum absolute atomic E-state index is 12.9. The van der Waals surface area contributed by atoms with Gasteiger partial charge in [0.15, 0.2) is 0 Å². The van der Waals surface area contributed by atoms with Crippen LogP contribution in [-0.2, 0) is 6.18 Å². The van der Waals surface area contributed by atoms with Gasteiger partial charge in [-0.3, -0.25) is 0 Å². The average molecular weight is 308 g/mol. The summed E-state index contributed by atoms with van der Waals surface area (Å²) < 4.78 is 51.0. The van der Waals surface area contributed by atoms with Crippen molar-refractivity contribution in [1.82, 2.24) is 5.32 Å². The quantitative estimate of drug-likeness (QED) is 0.732. The summed E-state index contributed by atoms with van der Waals surface area (Å²) in [5.74, 6) is -1.05. The fraction of sp³-hybridized carbons (Fsp3) is 0.462. The molecule has 2 amide bonds. The fourth-order valence-corrected chi connectivity index (χ4v) is 1.67. The van der Waals surface area contributed by atoms with Gasteiger partial charge in [0, 0.05) is 6.54 Å². The molecule has 8 heteroatoms. The van der Waals surface area contributed by atoms with E-state index in [4.69, 9.17) is 0 Å². The second-order valence-electron chi connectivity index (χ2n) is 4.47. The van der Waals surface area contributed by atoms with Crippen molar-refractivity contribution >= 4 is 11.7 Å². The van der Waals surface area contributed by atoms with Crippen LogP contribution in [0.4, 0.5) is 28.0 Å². The number of hydrogen-bond acceptors (Lipinski definition) is 2. The van der Waals surface area contributed by atoms with Gasteiger partial charge in [-0.2, -0.15) is 13.2 Å². The summed E-state index contributed by atoms with van der Waals surface area (Å²) in [6.45, 7) is 1.76. The molecule has 3 N–H and O–H groups in total. The number of anilines is 1. The molecule has 0 radical (unpaired) electrons. The van der Waals surface area contributed by atoms with E-state index in [1.54, 1.807) is 0 Å². The third-order valence-corrected chi connectivity index (χ3v) is 2.66. The van der Waals surface area contributed by atoms with E-state index in [0.717, 1.165) is 12.1 Å². The van der Waals surface area contributed by atoms with Crippen LogP contribution in [0.25, 0.3) is 0 Å². The third kappa shape index (κ3) is 5.58. The molecule has 1 rings (SSSR count). The first-order valence-electron chi connectivity index (χ1n) is 6.33. The summed E-state index contributed by atoms with van der Waals surface area (Å²) in [4.78, 5) is 11.5. The molecule has 0 heterocycles. The van der Waals surface area contributed by atoms with Crippen LogP contribution in [0.3, 0.4) is 0 Å². The van der Waals surface area contributed by atoms with Gasteiger partial charge < -0.3 is 15.7 Å². The Labute approximate surface area is 119 Å². The molecule has 0 fully saturated rings. The largest absolute Gasteiger partial charge is 0.418 e. The van der Waals surface area contributed by atoms with Crippen molar-refractivity contribution in [1.29, 1.82) is 0 Å². The molecular weight excluding hydrogens is 292 g/mol. The number of amides is 2. The Morgan fingerprint density at radius 2 is 2.05 bits per heavy atom. The zero-order chi connectivity index (χ0) is 16.0. The second kappa shape index (κ2) is 7.26. The highest BCUT2D eigenvalue weighted by Gasteiger charge is 2.34. The van der Waals surface area contributed by atoms with Crippen molar-refractivity contribution in [2.24, 2.45) is 0 Å². The number of carbonyl (C=O) groups is 1. The molecule has 21 heavy (non-hydrogen) atoms. The van der Waals surface area contributed by atoms with E-state index in [9.17, 15) is 27.5 Å². The van der Waals surface area contributed by atoms with Crippen molar-refractivity contribution in [3.8, 4) is 0 Å². The summed E-state index contributed by atoms with van der Waals surface area (Å²) in [6.07, 6.45) is -4.38. The van der Waals surface area contributed by atoms with Gasteiger partial charge in [-0.1, -0.05) is 13.3 Å². The van der Waals surface area contributed by atoms with E-state index in [0.29, 0.717) is 18.9 Å². The number of halogens is 4. The molecule has 0 saturated carbocycles.